The van der Waals surface area contributed by atoms with E-state index in [-0.39, 0.29) is 23.9 Å². The predicted octanol–water partition coefficient (Wildman–Crippen LogP) is 1.61. The van der Waals surface area contributed by atoms with E-state index in [9.17, 15) is 13.6 Å². The van der Waals surface area contributed by atoms with Gasteiger partial charge in [-0.25, -0.2) is 5.43 Å². The van der Waals surface area contributed by atoms with E-state index in [1.807, 2.05) is 6.07 Å². The van der Waals surface area contributed by atoms with Gasteiger partial charge >= 0.3 is 0 Å². The van der Waals surface area contributed by atoms with Gasteiger partial charge in [0.05, 0.1) is 18.2 Å². The molecule has 1 saturated heterocycles. The Morgan fingerprint density at radius 3 is 2.71 bits per heavy atom. The molecule has 1 atom stereocenters. The highest BCUT2D eigenvalue weighted by Crippen LogP contribution is 2.40. The summed E-state index contributed by atoms with van der Waals surface area (Å²) in [6, 6.07) is 10.0. The van der Waals surface area contributed by atoms with Gasteiger partial charge in [0, 0.05) is 37.1 Å². The van der Waals surface area contributed by atoms with Crippen molar-refractivity contribution in [1.82, 2.24) is 14.7 Å². The number of carbonyl (C=O) groups is 1. The van der Waals surface area contributed by atoms with Gasteiger partial charge in [0.25, 0.3) is 5.91 Å². The largest absolute Gasteiger partial charge is 0.593 e. The molecule has 1 amide bonds. The fraction of sp³-hybridized carbons (Fsp3) is 0.316. The number of ether oxygens (including phenoxy) is 1. The zero-order chi connectivity index (χ0) is 19.8. The van der Waals surface area contributed by atoms with Gasteiger partial charge in [-0.3, -0.25) is 9.78 Å². The minimum absolute atomic E-state index is 0.180. The van der Waals surface area contributed by atoms with Crippen LogP contribution in [0.5, 0.6) is 5.75 Å². The molecule has 3 heterocycles. The Morgan fingerprint density at radius 1 is 1.25 bits per heavy atom. The highest BCUT2D eigenvalue weighted by atomic mass is 32.3. The van der Waals surface area contributed by atoms with Crippen LogP contribution in [-0.4, -0.2) is 45.7 Å². The van der Waals surface area contributed by atoms with Crippen molar-refractivity contribution in [2.75, 3.05) is 20.2 Å². The molecular formula is C19H20N4O4S. The number of hydrogen-bond acceptors (Lipinski definition) is 6. The highest BCUT2D eigenvalue weighted by molar-refractivity contribution is 7.95. The van der Waals surface area contributed by atoms with Gasteiger partial charge in [-0.15, -0.1) is 4.31 Å². The molecule has 0 bridgehead atoms. The fourth-order valence-electron chi connectivity index (χ4n) is 3.75. The Balaban J connectivity index is 1.57. The predicted molar refractivity (Wildman–Crippen MR) is 102 cm³/mol. The van der Waals surface area contributed by atoms with Crippen molar-refractivity contribution in [3.05, 3.63) is 54.4 Å². The van der Waals surface area contributed by atoms with Crippen LogP contribution in [0, 0.1) is 5.41 Å². The number of aromatic nitrogens is 1. The van der Waals surface area contributed by atoms with Gasteiger partial charge in [0.15, 0.2) is 15.3 Å². The van der Waals surface area contributed by atoms with Crippen molar-refractivity contribution in [1.29, 1.82) is 0 Å². The molecule has 2 aromatic rings. The van der Waals surface area contributed by atoms with E-state index in [0.717, 1.165) is 5.56 Å². The van der Waals surface area contributed by atoms with Crippen LogP contribution in [-0.2, 0) is 19.4 Å². The number of pyridine rings is 1. The zero-order valence-electron chi connectivity index (χ0n) is 15.3. The van der Waals surface area contributed by atoms with E-state index < -0.39 is 15.8 Å². The van der Waals surface area contributed by atoms with Crippen molar-refractivity contribution in [2.45, 2.75) is 17.7 Å². The SMILES string of the molecule is COc1cccc([S+](=O)([O-])N2CCC3(CC2)C(=O)NN=C3c2cccnc2)c1. The summed E-state index contributed by atoms with van der Waals surface area (Å²) in [5.74, 6) is 0.292. The van der Waals surface area contributed by atoms with Gasteiger partial charge < -0.3 is 9.29 Å². The molecule has 0 radical (unpaired) electrons. The number of benzene rings is 1. The van der Waals surface area contributed by atoms with Crippen LogP contribution in [0.25, 0.3) is 0 Å². The monoisotopic (exact) mass is 400 g/mol. The van der Waals surface area contributed by atoms with Gasteiger partial charge in [-0.1, -0.05) is 10.3 Å². The summed E-state index contributed by atoms with van der Waals surface area (Å²) in [5.41, 5.74) is 3.13. The number of hydrogen-bond donors (Lipinski definition) is 1. The summed E-state index contributed by atoms with van der Waals surface area (Å²) in [5, 5.41) is 4.22. The lowest BCUT2D eigenvalue weighted by atomic mass is 9.73. The van der Waals surface area contributed by atoms with Crippen molar-refractivity contribution in [2.24, 2.45) is 10.5 Å². The van der Waals surface area contributed by atoms with Crippen LogP contribution < -0.4 is 10.2 Å². The van der Waals surface area contributed by atoms with Crippen LogP contribution in [0.1, 0.15) is 18.4 Å². The van der Waals surface area contributed by atoms with E-state index in [0.29, 0.717) is 24.3 Å². The number of nitrogens with zero attached hydrogens (tertiary/aromatic N) is 3. The molecule has 0 aliphatic carbocycles. The van der Waals surface area contributed by atoms with Crippen molar-refractivity contribution in [3.63, 3.8) is 0 Å². The molecule has 28 heavy (non-hydrogen) atoms. The summed E-state index contributed by atoms with van der Waals surface area (Å²) in [4.78, 5) is 16.9. The first kappa shape index (κ1) is 18.7. The molecule has 1 aromatic carbocycles. The maximum Gasteiger partial charge on any atom is 0.252 e. The maximum absolute atomic E-state index is 13.0. The first-order valence-electron chi connectivity index (χ1n) is 8.91. The Bertz CT molecular complexity index is 971. The Morgan fingerprint density at radius 2 is 2.04 bits per heavy atom. The summed E-state index contributed by atoms with van der Waals surface area (Å²) >= 11 is 0. The number of amides is 1. The Labute approximate surface area is 164 Å². The number of nitrogens with one attached hydrogen (secondary N) is 1. The average Bonchev–Trinajstić information content (AvgIpc) is 3.04. The van der Waals surface area contributed by atoms with Crippen LogP contribution in [0.15, 0.2) is 58.8 Å². The summed E-state index contributed by atoms with van der Waals surface area (Å²) in [7, 11) is -2.18. The molecule has 1 aromatic heterocycles. The average molecular weight is 400 g/mol. The smallest absolute Gasteiger partial charge is 0.252 e. The summed E-state index contributed by atoms with van der Waals surface area (Å²) in [6.07, 6.45) is 4.04. The quantitative estimate of drug-likeness (QED) is 0.785. The lowest BCUT2D eigenvalue weighted by Crippen LogP contribution is -2.51. The minimum Gasteiger partial charge on any atom is -0.593 e. The Hall–Kier alpha value is -2.62. The van der Waals surface area contributed by atoms with Gasteiger partial charge in [0.2, 0.25) is 0 Å². The third-order valence-corrected chi connectivity index (χ3v) is 7.24. The number of sulfonamides is 1. The van der Waals surface area contributed by atoms with Crippen molar-refractivity contribution >= 4 is 22.0 Å². The van der Waals surface area contributed by atoms with Crippen LogP contribution in [0.4, 0.5) is 0 Å². The molecule has 4 rings (SSSR count). The lowest BCUT2D eigenvalue weighted by Gasteiger charge is -2.38. The first-order valence-corrected chi connectivity index (χ1v) is 10.3. The molecule has 146 valence electrons. The number of methoxy groups -OCH3 is 1. The van der Waals surface area contributed by atoms with Gasteiger partial charge in [-0.05, 0) is 37.1 Å². The molecule has 2 aliphatic rings. The number of rotatable bonds is 4. The normalized spacial score (nSPS) is 21.1. The van der Waals surface area contributed by atoms with E-state index in [1.165, 1.54) is 17.5 Å². The maximum atomic E-state index is 13.0. The topological polar surface area (TPSA) is 107 Å². The molecule has 1 fully saturated rings. The van der Waals surface area contributed by atoms with E-state index in [4.69, 9.17) is 4.74 Å². The van der Waals surface area contributed by atoms with Crippen molar-refractivity contribution < 1.29 is 18.3 Å². The van der Waals surface area contributed by atoms with Gasteiger partial charge in [0.1, 0.15) is 5.75 Å². The second-order valence-corrected chi connectivity index (χ2v) is 8.75. The third kappa shape index (κ3) is 3.01. The summed E-state index contributed by atoms with van der Waals surface area (Å²) in [6.45, 7) is 0.457. The minimum atomic E-state index is -3.67. The number of piperidine rings is 1. The standard InChI is InChI=1S/C19H20N4O4S/c1-27-15-5-2-6-16(12-15)28(25,26)23-10-7-19(8-11-23)17(21-22-18(19)24)14-4-3-9-20-13-14/h2-6,9,12-13H,7-8,10-11H2,1H3,(H-,22,24,25,26). The van der Waals surface area contributed by atoms with Crippen molar-refractivity contribution in [3.8, 4) is 5.75 Å². The van der Waals surface area contributed by atoms with E-state index in [2.05, 4.69) is 15.5 Å². The zero-order valence-corrected chi connectivity index (χ0v) is 16.1. The molecule has 0 saturated carbocycles. The summed E-state index contributed by atoms with van der Waals surface area (Å²) < 4.78 is 32.6. The second-order valence-electron chi connectivity index (χ2n) is 6.81. The highest BCUT2D eigenvalue weighted by Gasteiger charge is 2.52. The lowest BCUT2D eigenvalue weighted by molar-refractivity contribution is -0.127. The van der Waals surface area contributed by atoms with E-state index in [1.54, 1.807) is 36.7 Å². The number of carbonyl (C=O) groups excluding carboxylic acids is 1. The molecular weight excluding hydrogens is 380 g/mol. The molecule has 9 heteroatoms. The third-order valence-electron chi connectivity index (χ3n) is 5.35. The van der Waals surface area contributed by atoms with Gasteiger partial charge in [-0.2, -0.15) is 5.10 Å². The Kier molecular flexibility index (Phi) is 4.74. The van der Waals surface area contributed by atoms with Crippen LogP contribution in [0.3, 0.4) is 0 Å². The number of hydrazone groups is 1. The molecule has 2 aliphatic heterocycles. The fourth-order valence-corrected chi connectivity index (χ4v) is 5.23. The van der Waals surface area contributed by atoms with Crippen LogP contribution >= 0.6 is 0 Å². The molecule has 1 spiro atoms. The van der Waals surface area contributed by atoms with Crippen LogP contribution in [0.2, 0.25) is 0 Å². The molecule has 8 nitrogen and oxygen atoms in total. The second kappa shape index (κ2) is 7.08. The van der Waals surface area contributed by atoms with E-state index >= 15 is 0 Å². The first-order chi connectivity index (χ1) is 13.5. The molecule has 1 unspecified atom stereocenters. The molecule has 1 N–H and O–H groups in total.